The van der Waals surface area contributed by atoms with Gasteiger partial charge in [-0.3, -0.25) is 4.99 Å². The molecule has 0 radical (unpaired) electrons. The zero-order valence-electron chi connectivity index (χ0n) is 19.0. The first-order valence-corrected chi connectivity index (χ1v) is 12.3. The minimum Gasteiger partial charge on any atom is -0.370 e. The Bertz CT molecular complexity index is 763. The van der Waals surface area contributed by atoms with Gasteiger partial charge in [0.1, 0.15) is 0 Å². The zero-order chi connectivity index (χ0) is 22.3. The molecule has 0 saturated carbocycles. The van der Waals surface area contributed by atoms with Crippen molar-refractivity contribution >= 4 is 15.8 Å². The average molecular weight is 424 g/mol. The molecule has 1 aliphatic rings. The van der Waals surface area contributed by atoms with Crippen LogP contribution in [0.25, 0.3) is 0 Å². The predicted molar refractivity (Wildman–Crippen MR) is 126 cm³/mol. The number of aliphatic imine (C=N–C) groups is 1. The highest BCUT2D eigenvalue weighted by atomic mass is 32.2. The summed E-state index contributed by atoms with van der Waals surface area (Å²) in [5.74, 6) is 0.516. The van der Waals surface area contributed by atoms with E-state index in [0.717, 1.165) is 12.8 Å². The Balaban J connectivity index is 2.69. The summed E-state index contributed by atoms with van der Waals surface area (Å²) in [7, 11) is -3.39. The monoisotopic (exact) mass is 423 g/mol. The van der Waals surface area contributed by atoms with Crippen molar-refractivity contribution in [2.24, 2.45) is 27.8 Å². The minimum atomic E-state index is -3.39. The van der Waals surface area contributed by atoms with Crippen molar-refractivity contribution < 1.29 is 8.42 Å². The predicted octanol–water partition coefficient (Wildman–Crippen LogP) is 4.51. The van der Waals surface area contributed by atoms with Gasteiger partial charge in [-0.05, 0) is 70.6 Å². The summed E-state index contributed by atoms with van der Waals surface area (Å²) < 4.78 is 24.5. The van der Waals surface area contributed by atoms with E-state index in [2.05, 4.69) is 51.4 Å². The molecule has 6 heteroatoms. The summed E-state index contributed by atoms with van der Waals surface area (Å²) in [5, 5.41) is 0. The molecule has 1 aliphatic carbocycles. The Morgan fingerprint density at radius 1 is 1.45 bits per heavy atom. The molecular weight excluding hydrogens is 382 g/mol. The summed E-state index contributed by atoms with van der Waals surface area (Å²) in [4.78, 5) is 3.80. The lowest BCUT2D eigenvalue weighted by molar-refractivity contribution is 0.211. The van der Waals surface area contributed by atoms with Crippen LogP contribution in [0.5, 0.6) is 0 Å². The summed E-state index contributed by atoms with van der Waals surface area (Å²) in [5.41, 5.74) is 13.7. The molecule has 0 aliphatic heterocycles. The summed E-state index contributed by atoms with van der Waals surface area (Å²) in [6, 6.07) is 0. The van der Waals surface area contributed by atoms with Crippen LogP contribution in [0.1, 0.15) is 73.1 Å². The van der Waals surface area contributed by atoms with Gasteiger partial charge in [0.15, 0.2) is 15.8 Å². The first-order valence-electron chi connectivity index (χ1n) is 10.6. The maximum Gasteiger partial charge on any atom is 0.185 e. The topological polar surface area (TPSA) is 98.5 Å². The van der Waals surface area contributed by atoms with Crippen LogP contribution in [-0.2, 0) is 9.84 Å². The molecular formula is C23H41N3O2S. The van der Waals surface area contributed by atoms with E-state index in [1.807, 2.05) is 0 Å². The number of hydrogen-bond acceptors (Lipinski definition) is 3. The van der Waals surface area contributed by atoms with Crippen molar-refractivity contribution in [3.8, 4) is 0 Å². The Hall–Kier alpha value is -1.56. The van der Waals surface area contributed by atoms with Gasteiger partial charge in [0.25, 0.3) is 0 Å². The van der Waals surface area contributed by atoms with Gasteiger partial charge in [-0.1, -0.05) is 43.2 Å². The quantitative estimate of drug-likeness (QED) is 0.290. The van der Waals surface area contributed by atoms with E-state index in [1.54, 1.807) is 13.0 Å². The molecule has 3 atom stereocenters. The average Bonchev–Trinajstić information content (AvgIpc) is 2.63. The molecule has 0 bridgehead atoms. The van der Waals surface area contributed by atoms with Crippen molar-refractivity contribution in [1.29, 1.82) is 0 Å². The standard InChI is InChI=1S/C23H41N3O2S/c1-7-22(5,29(27,28)17-16-26-21(24)25)14-9-10-18(2)13-15-23(6)19(3)11-8-12-20(23)4/h7,10-11,20H,1,8-9,12-17H2,2-6H3,(H4,24,25,26)/b18-10+/t20-,22-,23-/m0/s1. The fourth-order valence-corrected chi connectivity index (χ4v) is 5.49. The van der Waals surface area contributed by atoms with Crippen molar-refractivity contribution in [3.63, 3.8) is 0 Å². The van der Waals surface area contributed by atoms with Crippen LogP contribution in [0.2, 0.25) is 0 Å². The third-order valence-electron chi connectivity index (χ3n) is 7.01. The lowest BCUT2D eigenvalue weighted by Crippen LogP contribution is -2.36. The number of nitrogens with two attached hydrogens (primary N) is 2. The lowest BCUT2D eigenvalue weighted by Gasteiger charge is -2.40. The SMILES string of the molecule is C=C[C@@](C)(CC/C=C(\C)CC[C@@]1(C)C(C)=CCC[C@@H]1C)S(=O)(=O)CCN=C(N)N. The van der Waals surface area contributed by atoms with E-state index in [4.69, 9.17) is 11.5 Å². The Kier molecular flexibility index (Phi) is 9.19. The summed E-state index contributed by atoms with van der Waals surface area (Å²) in [6.45, 7) is 14.7. The van der Waals surface area contributed by atoms with Gasteiger partial charge in [-0.2, -0.15) is 0 Å². The molecule has 166 valence electrons. The molecule has 5 nitrogen and oxygen atoms in total. The van der Waals surface area contributed by atoms with E-state index in [0.29, 0.717) is 18.8 Å². The molecule has 0 spiro atoms. The number of hydrogen-bond donors (Lipinski definition) is 2. The van der Waals surface area contributed by atoms with Crippen molar-refractivity contribution in [1.82, 2.24) is 0 Å². The highest BCUT2D eigenvalue weighted by Crippen LogP contribution is 2.45. The largest absolute Gasteiger partial charge is 0.370 e. The van der Waals surface area contributed by atoms with Crippen LogP contribution in [0.3, 0.4) is 0 Å². The van der Waals surface area contributed by atoms with E-state index < -0.39 is 14.6 Å². The second kappa shape index (κ2) is 10.5. The maximum atomic E-state index is 12.7. The van der Waals surface area contributed by atoms with Gasteiger partial charge in [-0.15, -0.1) is 6.58 Å². The van der Waals surface area contributed by atoms with Gasteiger partial charge < -0.3 is 11.5 Å². The molecule has 0 heterocycles. The van der Waals surface area contributed by atoms with Gasteiger partial charge >= 0.3 is 0 Å². The van der Waals surface area contributed by atoms with E-state index in [1.165, 1.54) is 24.0 Å². The molecule has 0 aromatic heterocycles. The third kappa shape index (κ3) is 6.73. The maximum absolute atomic E-state index is 12.7. The van der Waals surface area contributed by atoms with Gasteiger partial charge in [0, 0.05) is 0 Å². The van der Waals surface area contributed by atoms with Crippen LogP contribution >= 0.6 is 0 Å². The first-order chi connectivity index (χ1) is 13.4. The normalized spacial score (nSPS) is 25.1. The Morgan fingerprint density at radius 3 is 2.66 bits per heavy atom. The first kappa shape index (κ1) is 25.5. The lowest BCUT2D eigenvalue weighted by atomic mass is 9.65. The number of sulfone groups is 1. The highest BCUT2D eigenvalue weighted by molar-refractivity contribution is 7.93. The van der Waals surface area contributed by atoms with Gasteiger partial charge in [-0.25, -0.2) is 8.42 Å². The van der Waals surface area contributed by atoms with Crippen molar-refractivity contribution in [3.05, 3.63) is 36.0 Å². The van der Waals surface area contributed by atoms with Crippen LogP contribution in [0.4, 0.5) is 0 Å². The van der Waals surface area contributed by atoms with E-state index >= 15 is 0 Å². The second-order valence-electron chi connectivity index (χ2n) is 9.01. The molecule has 0 aromatic rings. The molecule has 0 saturated heterocycles. The molecule has 0 fully saturated rings. The van der Waals surface area contributed by atoms with Gasteiger partial charge in [0.05, 0.1) is 17.0 Å². The van der Waals surface area contributed by atoms with E-state index in [-0.39, 0.29) is 23.7 Å². The smallest absolute Gasteiger partial charge is 0.185 e. The molecule has 0 amide bonds. The van der Waals surface area contributed by atoms with Crippen LogP contribution in [0, 0.1) is 11.3 Å². The second-order valence-corrected chi connectivity index (χ2v) is 11.6. The Morgan fingerprint density at radius 2 is 2.10 bits per heavy atom. The summed E-state index contributed by atoms with van der Waals surface area (Å²) >= 11 is 0. The number of nitrogens with zero attached hydrogens (tertiary/aromatic N) is 1. The highest BCUT2D eigenvalue weighted by Gasteiger charge is 2.35. The van der Waals surface area contributed by atoms with Crippen LogP contribution in [-0.4, -0.2) is 31.4 Å². The van der Waals surface area contributed by atoms with E-state index in [9.17, 15) is 8.42 Å². The molecule has 0 unspecified atom stereocenters. The Labute approximate surface area is 178 Å². The molecule has 1 rings (SSSR count). The minimum absolute atomic E-state index is 0.0760. The van der Waals surface area contributed by atoms with Crippen molar-refractivity contribution in [2.45, 2.75) is 77.9 Å². The summed E-state index contributed by atoms with van der Waals surface area (Å²) in [6.07, 6.45) is 11.9. The number of rotatable bonds is 11. The van der Waals surface area contributed by atoms with Crippen LogP contribution < -0.4 is 11.5 Å². The number of guanidine groups is 1. The molecule has 29 heavy (non-hydrogen) atoms. The third-order valence-corrected chi connectivity index (χ3v) is 9.52. The number of allylic oxidation sites excluding steroid dienone is 4. The zero-order valence-corrected chi connectivity index (χ0v) is 19.8. The van der Waals surface area contributed by atoms with Crippen molar-refractivity contribution in [2.75, 3.05) is 12.3 Å². The van der Waals surface area contributed by atoms with Crippen LogP contribution in [0.15, 0.2) is 40.9 Å². The van der Waals surface area contributed by atoms with Gasteiger partial charge in [0.2, 0.25) is 0 Å². The fraction of sp³-hybridized carbons (Fsp3) is 0.696. The fourth-order valence-electron chi connectivity index (χ4n) is 4.01. The molecule has 0 aromatic carbocycles. The molecule has 4 N–H and O–H groups in total.